The fourth-order valence-electron chi connectivity index (χ4n) is 0.586. The van der Waals surface area contributed by atoms with Gasteiger partial charge in [-0.3, -0.25) is 0 Å². The number of hydrogen-bond donors (Lipinski definition) is 0. The van der Waals surface area contributed by atoms with E-state index < -0.39 is 7.87 Å². The van der Waals surface area contributed by atoms with Crippen LogP contribution in [0.25, 0.3) is 0 Å². The van der Waals surface area contributed by atoms with Crippen molar-refractivity contribution in [2.45, 2.75) is 19.4 Å². The molecule has 0 aromatic rings. The third-order valence-corrected chi connectivity index (χ3v) is 4.97. The van der Waals surface area contributed by atoms with Gasteiger partial charge < -0.3 is 8.85 Å². The average Bonchev–Trinajstić information content (AvgIpc) is 1.89. The Balaban J connectivity index is 3.62. The molecule has 0 saturated heterocycles. The molecule has 0 aliphatic carbocycles. The lowest BCUT2D eigenvalue weighted by Crippen LogP contribution is -2.32. The molecule has 2 nitrogen and oxygen atoms in total. The van der Waals surface area contributed by atoms with Crippen LogP contribution in [0.1, 0.15) is 13.3 Å². The van der Waals surface area contributed by atoms with Crippen molar-refractivity contribution in [1.82, 2.24) is 0 Å². The predicted octanol–water partition coefficient (Wildman–Crippen LogP) is 1.87. The van der Waals surface area contributed by atoms with E-state index in [0.717, 1.165) is 12.5 Å². The molecule has 0 atom stereocenters. The van der Waals surface area contributed by atoms with Crippen molar-refractivity contribution in [3.8, 4) is 0 Å². The normalized spacial score (nSPS) is 12.0. The van der Waals surface area contributed by atoms with Gasteiger partial charge in [0.1, 0.15) is 0 Å². The highest BCUT2D eigenvalue weighted by molar-refractivity contribution is 7.12. The smallest absolute Gasteiger partial charge is 0.386 e. The number of hydrogen-bond acceptors (Lipinski definition) is 2. The van der Waals surface area contributed by atoms with Gasteiger partial charge in [-0.05, 0) is 0 Å². The summed E-state index contributed by atoms with van der Waals surface area (Å²) >= 11 is 5.90. The zero-order valence-electron chi connectivity index (χ0n) is 6.11. The Hall–Kier alpha value is 0.427. The van der Waals surface area contributed by atoms with E-state index >= 15 is 0 Å². The van der Waals surface area contributed by atoms with Crippen LogP contribution < -0.4 is 0 Å². The maximum Gasteiger partial charge on any atom is 0.442 e. The summed E-state index contributed by atoms with van der Waals surface area (Å²) in [5, 5.41) is 0. The molecule has 0 unspecified atom stereocenters. The molecule has 0 amide bonds. The lowest BCUT2D eigenvalue weighted by molar-refractivity contribution is 0.265. The van der Waals surface area contributed by atoms with Gasteiger partial charge in [0.2, 0.25) is 0 Å². The molecule has 0 rings (SSSR count). The molecule has 4 heteroatoms. The Bertz CT molecular complexity index is 75.4. The summed E-state index contributed by atoms with van der Waals surface area (Å²) in [5.41, 5.74) is 0. The number of rotatable bonds is 4. The van der Waals surface area contributed by atoms with E-state index in [1.807, 2.05) is 0 Å². The Morgan fingerprint density at radius 1 is 1.33 bits per heavy atom. The predicted molar refractivity (Wildman–Crippen MR) is 40.7 cm³/mol. The van der Waals surface area contributed by atoms with E-state index in [-0.39, 0.29) is 0 Å². The van der Waals surface area contributed by atoms with E-state index in [0.29, 0.717) is 0 Å². The molecule has 0 spiro atoms. The summed E-state index contributed by atoms with van der Waals surface area (Å²) in [5.74, 6) is 0. The second kappa shape index (κ2) is 4.28. The van der Waals surface area contributed by atoms with Gasteiger partial charge in [-0.2, -0.15) is 0 Å². The second-order valence-corrected chi connectivity index (χ2v) is 6.18. The summed E-state index contributed by atoms with van der Waals surface area (Å²) in [4.78, 5) is 0. The van der Waals surface area contributed by atoms with E-state index in [9.17, 15) is 0 Å². The van der Waals surface area contributed by atoms with Crippen LogP contribution in [0.4, 0.5) is 0 Å². The van der Waals surface area contributed by atoms with Gasteiger partial charge in [-0.1, -0.05) is 24.4 Å². The first kappa shape index (κ1) is 9.43. The molecular weight excluding hydrogens is 156 g/mol. The Labute approximate surface area is 62.1 Å². The van der Waals surface area contributed by atoms with Crippen molar-refractivity contribution in [2.75, 3.05) is 14.2 Å². The Kier molecular flexibility index (Phi) is 4.48. The van der Waals surface area contributed by atoms with Gasteiger partial charge in [-0.25, -0.2) is 0 Å². The minimum Gasteiger partial charge on any atom is -0.386 e. The van der Waals surface area contributed by atoms with Crippen LogP contribution in [0, 0.1) is 0 Å². The Morgan fingerprint density at radius 2 is 1.78 bits per heavy atom. The summed E-state index contributed by atoms with van der Waals surface area (Å²) < 4.78 is 10.0. The Morgan fingerprint density at radius 3 is 1.89 bits per heavy atom. The van der Waals surface area contributed by atoms with Gasteiger partial charge in [0, 0.05) is 20.3 Å². The molecule has 0 aromatic carbocycles. The molecule has 0 aliphatic rings. The molecule has 0 radical (unpaired) electrons. The molecule has 0 heterocycles. The van der Waals surface area contributed by atoms with E-state index in [2.05, 4.69) is 6.92 Å². The van der Waals surface area contributed by atoms with E-state index in [1.54, 1.807) is 14.2 Å². The first-order valence-electron chi connectivity index (χ1n) is 2.97. The first-order chi connectivity index (χ1) is 4.18. The van der Waals surface area contributed by atoms with Crippen molar-refractivity contribution < 1.29 is 8.85 Å². The monoisotopic (exact) mass is 168 g/mol. The fraction of sp³-hybridized carbons (Fsp3) is 1.00. The SMILES string of the molecule is CCC[Si](Cl)(OC)OC. The molecule has 0 aliphatic heterocycles. The van der Waals surface area contributed by atoms with Gasteiger partial charge >= 0.3 is 7.87 Å². The average molecular weight is 169 g/mol. The highest BCUT2D eigenvalue weighted by Crippen LogP contribution is 2.17. The third-order valence-electron chi connectivity index (χ3n) is 1.16. The first-order valence-corrected chi connectivity index (χ1v) is 6.01. The maximum absolute atomic E-state index is 5.90. The van der Waals surface area contributed by atoms with Crippen molar-refractivity contribution in [1.29, 1.82) is 0 Å². The second-order valence-electron chi connectivity index (χ2n) is 1.82. The summed E-state index contributed by atoms with van der Waals surface area (Å²) in [6.45, 7) is 2.06. The summed E-state index contributed by atoms with van der Waals surface area (Å²) in [7, 11) is 0.966. The molecule has 0 aromatic heterocycles. The zero-order chi connectivity index (χ0) is 7.33. The van der Waals surface area contributed by atoms with Crippen LogP contribution in [0.3, 0.4) is 0 Å². The number of halogens is 1. The molecule has 0 bridgehead atoms. The van der Waals surface area contributed by atoms with E-state index in [1.165, 1.54) is 0 Å². The highest BCUT2D eigenvalue weighted by Gasteiger charge is 2.31. The van der Waals surface area contributed by atoms with Crippen molar-refractivity contribution >= 4 is 18.9 Å². The zero-order valence-corrected chi connectivity index (χ0v) is 7.86. The molecule has 56 valence electrons. The molecule has 0 saturated carbocycles. The van der Waals surface area contributed by atoms with Gasteiger partial charge in [0.25, 0.3) is 0 Å². The standard InChI is InChI=1S/C5H13ClO2Si/c1-4-5-9(6,7-2)8-3/h4-5H2,1-3H3. The van der Waals surface area contributed by atoms with Crippen LogP contribution >= 0.6 is 11.1 Å². The lowest BCUT2D eigenvalue weighted by Gasteiger charge is -2.17. The summed E-state index contributed by atoms with van der Waals surface area (Å²) in [6.07, 6.45) is 1.01. The van der Waals surface area contributed by atoms with Gasteiger partial charge in [0.05, 0.1) is 0 Å². The van der Waals surface area contributed by atoms with Crippen molar-refractivity contribution in [3.63, 3.8) is 0 Å². The van der Waals surface area contributed by atoms with Crippen LogP contribution in [-0.4, -0.2) is 22.1 Å². The highest BCUT2D eigenvalue weighted by atomic mass is 35.6. The van der Waals surface area contributed by atoms with Crippen LogP contribution in [0.5, 0.6) is 0 Å². The van der Waals surface area contributed by atoms with Gasteiger partial charge in [0.15, 0.2) is 0 Å². The third kappa shape index (κ3) is 3.20. The largest absolute Gasteiger partial charge is 0.442 e. The molecule has 0 fully saturated rings. The quantitative estimate of drug-likeness (QED) is 0.472. The molecule has 9 heavy (non-hydrogen) atoms. The fourth-order valence-corrected chi connectivity index (χ4v) is 2.33. The molecule has 0 N–H and O–H groups in total. The topological polar surface area (TPSA) is 18.5 Å². The van der Waals surface area contributed by atoms with Crippen LogP contribution in [0.2, 0.25) is 6.04 Å². The van der Waals surface area contributed by atoms with E-state index in [4.69, 9.17) is 19.9 Å². The maximum atomic E-state index is 5.90. The minimum absolute atomic E-state index is 0.849. The van der Waals surface area contributed by atoms with Crippen molar-refractivity contribution in [2.24, 2.45) is 0 Å². The van der Waals surface area contributed by atoms with Crippen molar-refractivity contribution in [3.05, 3.63) is 0 Å². The summed E-state index contributed by atoms with van der Waals surface area (Å²) in [6, 6.07) is 0.849. The van der Waals surface area contributed by atoms with Gasteiger partial charge in [-0.15, -0.1) is 0 Å². The van der Waals surface area contributed by atoms with Crippen LogP contribution in [0.15, 0.2) is 0 Å². The van der Waals surface area contributed by atoms with Crippen LogP contribution in [-0.2, 0) is 8.85 Å². The lowest BCUT2D eigenvalue weighted by atomic mass is 10.6. The molecular formula is C5H13ClO2Si. The minimum atomic E-state index is -2.23.